The largest absolute Gasteiger partial charge is 0.508 e. The van der Waals surface area contributed by atoms with E-state index in [0.717, 1.165) is 5.39 Å². The minimum absolute atomic E-state index is 0.168. The Morgan fingerprint density at radius 1 is 1.33 bits per heavy atom. The van der Waals surface area contributed by atoms with Crippen molar-refractivity contribution in [2.45, 2.75) is 6.42 Å². The molecule has 0 aliphatic carbocycles. The molecular formula is C12H11NO2. The molecule has 2 rings (SSSR count). The highest BCUT2D eigenvalue weighted by Gasteiger charge is 2.05. The molecule has 0 bridgehead atoms. The zero-order valence-corrected chi connectivity index (χ0v) is 8.16. The van der Waals surface area contributed by atoms with Gasteiger partial charge in [-0.05, 0) is 30.0 Å². The lowest BCUT2D eigenvalue weighted by Crippen LogP contribution is -2.04. The van der Waals surface area contributed by atoms with Crippen molar-refractivity contribution in [1.29, 1.82) is 0 Å². The van der Waals surface area contributed by atoms with Crippen LogP contribution in [0.2, 0.25) is 0 Å². The highest BCUT2D eigenvalue weighted by atomic mass is 16.3. The Kier molecular flexibility index (Phi) is 2.29. The zero-order valence-electron chi connectivity index (χ0n) is 8.16. The van der Waals surface area contributed by atoms with E-state index in [1.54, 1.807) is 24.3 Å². The summed E-state index contributed by atoms with van der Waals surface area (Å²) in [6.45, 7) is 3.62. The van der Waals surface area contributed by atoms with Gasteiger partial charge in [0.1, 0.15) is 5.75 Å². The fourth-order valence-electron chi connectivity index (χ4n) is 1.62. The molecule has 3 heteroatoms. The summed E-state index contributed by atoms with van der Waals surface area (Å²) in [4.78, 5) is 13.9. The van der Waals surface area contributed by atoms with Crippen LogP contribution < -0.4 is 5.56 Å². The smallest absolute Gasteiger partial charge is 0.248 e. The van der Waals surface area contributed by atoms with Gasteiger partial charge in [0.15, 0.2) is 0 Å². The first-order chi connectivity index (χ1) is 7.22. The highest BCUT2D eigenvalue weighted by Crippen LogP contribution is 2.25. The summed E-state index contributed by atoms with van der Waals surface area (Å²) in [5.74, 6) is 0.184. The van der Waals surface area contributed by atoms with Crippen molar-refractivity contribution in [3.63, 3.8) is 0 Å². The van der Waals surface area contributed by atoms with Crippen LogP contribution in [0.4, 0.5) is 0 Å². The molecule has 1 aromatic heterocycles. The second-order valence-electron chi connectivity index (χ2n) is 3.34. The molecule has 15 heavy (non-hydrogen) atoms. The predicted molar refractivity (Wildman–Crippen MR) is 60.1 cm³/mol. The summed E-state index contributed by atoms with van der Waals surface area (Å²) in [5.41, 5.74) is 1.22. The first-order valence-corrected chi connectivity index (χ1v) is 4.67. The molecule has 76 valence electrons. The molecule has 0 amide bonds. The van der Waals surface area contributed by atoms with Gasteiger partial charge in [-0.3, -0.25) is 4.79 Å². The third-order valence-electron chi connectivity index (χ3n) is 2.33. The van der Waals surface area contributed by atoms with Gasteiger partial charge in [-0.1, -0.05) is 6.08 Å². The number of pyridine rings is 1. The second kappa shape index (κ2) is 3.61. The molecule has 1 heterocycles. The first-order valence-electron chi connectivity index (χ1n) is 4.67. The number of fused-ring (bicyclic) bond motifs is 1. The predicted octanol–water partition coefficient (Wildman–Crippen LogP) is 1.96. The quantitative estimate of drug-likeness (QED) is 0.730. The molecular weight excluding hydrogens is 190 g/mol. The lowest BCUT2D eigenvalue weighted by molar-refractivity contribution is 0.470. The maximum Gasteiger partial charge on any atom is 0.248 e. The lowest BCUT2D eigenvalue weighted by Gasteiger charge is -2.06. The zero-order chi connectivity index (χ0) is 10.8. The molecule has 2 aromatic rings. The number of aromatic nitrogens is 1. The number of phenols is 1. The topological polar surface area (TPSA) is 53.1 Å². The molecule has 3 nitrogen and oxygen atoms in total. The summed E-state index contributed by atoms with van der Waals surface area (Å²) in [6.07, 6.45) is 2.23. The van der Waals surface area contributed by atoms with E-state index in [9.17, 15) is 9.90 Å². The molecule has 0 unspecified atom stereocenters. The van der Waals surface area contributed by atoms with Crippen LogP contribution >= 0.6 is 0 Å². The fourth-order valence-corrected chi connectivity index (χ4v) is 1.62. The van der Waals surface area contributed by atoms with Gasteiger partial charge in [-0.25, -0.2) is 0 Å². The number of rotatable bonds is 2. The second-order valence-corrected chi connectivity index (χ2v) is 3.34. The summed E-state index contributed by atoms with van der Waals surface area (Å²) in [6, 6.07) is 6.60. The van der Waals surface area contributed by atoms with E-state index in [1.807, 2.05) is 0 Å². The molecule has 0 atom stereocenters. The normalized spacial score (nSPS) is 10.4. The number of benzene rings is 1. The molecule has 0 spiro atoms. The van der Waals surface area contributed by atoms with Crippen molar-refractivity contribution >= 4 is 10.9 Å². The van der Waals surface area contributed by atoms with Crippen molar-refractivity contribution in [3.05, 3.63) is 52.8 Å². The molecule has 0 aliphatic rings. The van der Waals surface area contributed by atoms with Gasteiger partial charge in [0.05, 0.1) is 5.52 Å². The van der Waals surface area contributed by atoms with Crippen molar-refractivity contribution in [1.82, 2.24) is 4.98 Å². The summed E-state index contributed by atoms with van der Waals surface area (Å²) in [5, 5.41) is 10.6. The minimum atomic E-state index is -0.168. The molecule has 0 fully saturated rings. The van der Waals surface area contributed by atoms with Crippen LogP contribution in [0.1, 0.15) is 5.56 Å². The third kappa shape index (κ3) is 1.64. The van der Waals surface area contributed by atoms with E-state index >= 15 is 0 Å². The first kappa shape index (κ1) is 9.52. The van der Waals surface area contributed by atoms with Crippen LogP contribution in [-0.2, 0) is 6.42 Å². The number of hydrogen-bond acceptors (Lipinski definition) is 2. The van der Waals surface area contributed by atoms with E-state index in [4.69, 9.17) is 0 Å². The Labute approximate surface area is 86.7 Å². The minimum Gasteiger partial charge on any atom is -0.508 e. The van der Waals surface area contributed by atoms with Gasteiger partial charge >= 0.3 is 0 Å². The SMILES string of the molecule is C=CCc1c(O)ccc2ccc(=O)[nH]c12. The van der Waals surface area contributed by atoms with E-state index in [1.165, 1.54) is 6.07 Å². The van der Waals surface area contributed by atoms with Crippen LogP contribution in [0.15, 0.2) is 41.7 Å². The monoisotopic (exact) mass is 201 g/mol. The van der Waals surface area contributed by atoms with E-state index in [2.05, 4.69) is 11.6 Å². The maximum atomic E-state index is 11.2. The molecule has 0 aliphatic heterocycles. The summed E-state index contributed by atoms with van der Waals surface area (Å²) >= 11 is 0. The molecule has 2 N–H and O–H groups in total. The van der Waals surface area contributed by atoms with Gasteiger partial charge in [-0.2, -0.15) is 0 Å². The molecule has 0 saturated heterocycles. The standard InChI is InChI=1S/C12H11NO2/c1-2-3-9-10(14)6-4-8-5-7-11(15)13-12(8)9/h2,4-7,14H,1,3H2,(H,13,15). The Morgan fingerprint density at radius 2 is 2.07 bits per heavy atom. The van der Waals surface area contributed by atoms with Crippen LogP contribution in [0, 0.1) is 0 Å². The van der Waals surface area contributed by atoms with Crippen molar-refractivity contribution in [2.75, 3.05) is 0 Å². The van der Waals surface area contributed by atoms with E-state index < -0.39 is 0 Å². The Bertz CT molecular complexity index is 569. The number of hydrogen-bond donors (Lipinski definition) is 2. The van der Waals surface area contributed by atoms with Crippen molar-refractivity contribution < 1.29 is 5.11 Å². The van der Waals surface area contributed by atoms with Crippen LogP contribution in [0.3, 0.4) is 0 Å². The van der Waals surface area contributed by atoms with E-state index in [-0.39, 0.29) is 11.3 Å². The van der Waals surface area contributed by atoms with Crippen molar-refractivity contribution in [2.24, 2.45) is 0 Å². The number of allylic oxidation sites excluding steroid dienone is 1. The third-order valence-corrected chi connectivity index (χ3v) is 2.33. The van der Waals surface area contributed by atoms with Crippen LogP contribution in [-0.4, -0.2) is 10.1 Å². The van der Waals surface area contributed by atoms with Crippen molar-refractivity contribution in [3.8, 4) is 5.75 Å². The van der Waals surface area contributed by atoms with E-state index in [0.29, 0.717) is 17.5 Å². The van der Waals surface area contributed by atoms with Gasteiger partial charge < -0.3 is 10.1 Å². The average molecular weight is 201 g/mol. The fraction of sp³-hybridized carbons (Fsp3) is 0.0833. The van der Waals surface area contributed by atoms with Crippen LogP contribution in [0.25, 0.3) is 10.9 Å². The Morgan fingerprint density at radius 3 is 2.80 bits per heavy atom. The number of aromatic hydroxyl groups is 1. The van der Waals surface area contributed by atoms with Gasteiger partial charge in [0, 0.05) is 11.6 Å². The molecule has 0 radical (unpaired) electrons. The molecule has 0 saturated carbocycles. The maximum absolute atomic E-state index is 11.2. The van der Waals surface area contributed by atoms with Gasteiger partial charge in [-0.15, -0.1) is 6.58 Å². The number of phenolic OH excluding ortho intramolecular Hbond substituents is 1. The number of H-pyrrole nitrogens is 1. The Balaban J connectivity index is 2.83. The van der Waals surface area contributed by atoms with Gasteiger partial charge in [0.25, 0.3) is 0 Å². The summed E-state index contributed by atoms with van der Waals surface area (Å²) < 4.78 is 0. The van der Waals surface area contributed by atoms with Gasteiger partial charge in [0.2, 0.25) is 5.56 Å². The average Bonchev–Trinajstić information content (AvgIpc) is 2.23. The lowest BCUT2D eigenvalue weighted by atomic mass is 10.1. The number of aromatic amines is 1. The molecule has 1 aromatic carbocycles. The summed E-state index contributed by atoms with van der Waals surface area (Å²) in [7, 11) is 0. The number of nitrogens with one attached hydrogen (secondary N) is 1. The highest BCUT2D eigenvalue weighted by molar-refractivity contribution is 5.83. The Hall–Kier alpha value is -2.03. The van der Waals surface area contributed by atoms with Crippen LogP contribution in [0.5, 0.6) is 5.75 Å².